The van der Waals surface area contributed by atoms with Crippen LogP contribution in [0.2, 0.25) is 0 Å². The average Bonchev–Trinajstić information content (AvgIpc) is 2.86. The fourth-order valence-corrected chi connectivity index (χ4v) is 2.92. The van der Waals surface area contributed by atoms with Crippen LogP contribution in [0.4, 0.5) is 0 Å². The highest BCUT2D eigenvalue weighted by molar-refractivity contribution is 5.89. The lowest BCUT2D eigenvalue weighted by Gasteiger charge is -2.27. The third-order valence-electron chi connectivity index (χ3n) is 4.34. The van der Waals surface area contributed by atoms with Crippen LogP contribution in [0.1, 0.15) is 27.2 Å². The van der Waals surface area contributed by atoms with E-state index in [0.717, 1.165) is 0 Å². The maximum atomic E-state index is 12.4. The number of carboxylic acids is 1. The second kappa shape index (κ2) is 5.09. The van der Waals surface area contributed by atoms with Crippen molar-refractivity contribution in [1.82, 2.24) is 5.32 Å². The highest BCUT2D eigenvalue weighted by Gasteiger charge is 2.48. The lowest BCUT2D eigenvalue weighted by atomic mass is 9.87. The van der Waals surface area contributed by atoms with Crippen molar-refractivity contribution >= 4 is 11.9 Å². The van der Waals surface area contributed by atoms with Gasteiger partial charge in [-0.2, -0.15) is 0 Å². The summed E-state index contributed by atoms with van der Waals surface area (Å²) in [5, 5.41) is 12.0. The molecule has 5 unspecified atom stereocenters. The number of hydrogen-bond acceptors (Lipinski definition) is 4. The first-order valence-corrected chi connectivity index (χ1v) is 6.66. The lowest BCUT2D eigenvalue weighted by Crippen LogP contribution is -2.57. The summed E-state index contributed by atoms with van der Waals surface area (Å²) in [6.07, 6.45) is 0.115. The molecule has 2 aliphatic heterocycles. The molecule has 108 valence electrons. The molecule has 6 nitrogen and oxygen atoms in total. The summed E-state index contributed by atoms with van der Waals surface area (Å²) in [7, 11) is 0. The zero-order valence-corrected chi connectivity index (χ0v) is 11.5. The minimum absolute atomic E-state index is 0.00589. The number of carbonyl (C=O) groups excluding carboxylic acids is 1. The molecule has 0 aliphatic carbocycles. The van der Waals surface area contributed by atoms with Crippen LogP contribution < -0.4 is 5.32 Å². The Balaban J connectivity index is 2.10. The Morgan fingerprint density at radius 1 is 1.26 bits per heavy atom. The molecule has 2 saturated heterocycles. The van der Waals surface area contributed by atoms with Crippen molar-refractivity contribution in [3.63, 3.8) is 0 Å². The number of nitrogens with one attached hydrogen (secondary N) is 1. The highest BCUT2D eigenvalue weighted by Crippen LogP contribution is 2.33. The molecule has 2 aliphatic rings. The Morgan fingerprint density at radius 3 is 2.37 bits per heavy atom. The summed E-state index contributed by atoms with van der Waals surface area (Å²) in [4.78, 5) is 23.7. The standard InChI is InChI=1S/C13H21NO5/c1-7-8(2)19-9(3)10(7)11(15)14-13(12(16)17)4-5-18-6-13/h7-10H,4-6H2,1-3H3,(H,14,15)(H,16,17). The van der Waals surface area contributed by atoms with Crippen LogP contribution in [0.25, 0.3) is 0 Å². The Hall–Kier alpha value is -1.14. The molecule has 0 aromatic rings. The Labute approximate surface area is 112 Å². The van der Waals surface area contributed by atoms with Gasteiger partial charge in [0.2, 0.25) is 5.91 Å². The first kappa shape index (κ1) is 14.3. The van der Waals surface area contributed by atoms with E-state index in [2.05, 4.69) is 5.32 Å². The number of aliphatic carboxylic acids is 1. The SMILES string of the molecule is CC1OC(C)C(C(=O)NC2(C(=O)O)CCOC2)C1C. The average molecular weight is 271 g/mol. The quantitative estimate of drug-likeness (QED) is 0.776. The number of carboxylic acid groups (broad SMARTS) is 1. The Kier molecular flexibility index (Phi) is 3.82. The smallest absolute Gasteiger partial charge is 0.331 e. The molecule has 0 aromatic heterocycles. The molecule has 2 heterocycles. The van der Waals surface area contributed by atoms with E-state index < -0.39 is 11.5 Å². The zero-order valence-electron chi connectivity index (χ0n) is 11.5. The van der Waals surface area contributed by atoms with Gasteiger partial charge >= 0.3 is 5.97 Å². The van der Waals surface area contributed by atoms with Crippen molar-refractivity contribution in [2.24, 2.45) is 11.8 Å². The van der Waals surface area contributed by atoms with Crippen LogP contribution in [0.5, 0.6) is 0 Å². The fraction of sp³-hybridized carbons (Fsp3) is 0.846. The molecule has 6 heteroatoms. The maximum absolute atomic E-state index is 12.4. The second-order valence-corrected chi connectivity index (χ2v) is 5.61. The topological polar surface area (TPSA) is 84.9 Å². The fourth-order valence-electron chi connectivity index (χ4n) is 2.92. The van der Waals surface area contributed by atoms with Gasteiger partial charge in [0.25, 0.3) is 0 Å². The molecule has 5 atom stereocenters. The summed E-state index contributed by atoms with van der Waals surface area (Å²) in [5.74, 6) is -1.53. The summed E-state index contributed by atoms with van der Waals surface area (Å²) in [6, 6.07) is 0. The van der Waals surface area contributed by atoms with Crippen molar-refractivity contribution in [1.29, 1.82) is 0 Å². The molecule has 0 spiro atoms. The van der Waals surface area contributed by atoms with Crippen molar-refractivity contribution in [3.05, 3.63) is 0 Å². The summed E-state index contributed by atoms with van der Waals surface area (Å²) in [6.45, 7) is 6.12. The van der Waals surface area contributed by atoms with Gasteiger partial charge in [0, 0.05) is 13.0 Å². The van der Waals surface area contributed by atoms with E-state index in [9.17, 15) is 14.7 Å². The maximum Gasteiger partial charge on any atom is 0.331 e. The Morgan fingerprint density at radius 2 is 1.95 bits per heavy atom. The number of rotatable bonds is 3. The van der Waals surface area contributed by atoms with Crippen LogP contribution in [0, 0.1) is 11.8 Å². The van der Waals surface area contributed by atoms with Crippen molar-refractivity contribution in [3.8, 4) is 0 Å². The van der Waals surface area contributed by atoms with Crippen molar-refractivity contribution in [2.45, 2.75) is 44.9 Å². The molecular formula is C13H21NO5. The van der Waals surface area contributed by atoms with E-state index in [1.54, 1.807) is 0 Å². The number of ether oxygens (including phenoxy) is 2. The predicted octanol–water partition coefficient (Wildman–Crippen LogP) is 0.406. The molecule has 2 rings (SSSR count). The van der Waals surface area contributed by atoms with Crippen LogP contribution in [0.15, 0.2) is 0 Å². The van der Waals surface area contributed by atoms with Gasteiger partial charge in [-0.15, -0.1) is 0 Å². The molecule has 0 aromatic carbocycles. The minimum atomic E-state index is -1.28. The van der Waals surface area contributed by atoms with E-state index in [1.807, 2.05) is 20.8 Å². The molecule has 0 radical (unpaired) electrons. The van der Waals surface area contributed by atoms with Gasteiger partial charge < -0.3 is 19.9 Å². The second-order valence-electron chi connectivity index (χ2n) is 5.61. The van der Waals surface area contributed by atoms with Gasteiger partial charge in [-0.05, 0) is 19.8 Å². The zero-order chi connectivity index (χ0) is 14.2. The first-order valence-electron chi connectivity index (χ1n) is 6.66. The van der Waals surface area contributed by atoms with E-state index in [0.29, 0.717) is 13.0 Å². The van der Waals surface area contributed by atoms with E-state index in [-0.39, 0.29) is 36.6 Å². The van der Waals surface area contributed by atoms with Crippen LogP contribution in [-0.4, -0.2) is 47.9 Å². The van der Waals surface area contributed by atoms with E-state index >= 15 is 0 Å². The lowest BCUT2D eigenvalue weighted by molar-refractivity contribution is -0.148. The van der Waals surface area contributed by atoms with Crippen LogP contribution in [-0.2, 0) is 19.1 Å². The van der Waals surface area contributed by atoms with Crippen molar-refractivity contribution < 1.29 is 24.2 Å². The monoisotopic (exact) mass is 271 g/mol. The number of amides is 1. The first-order chi connectivity index (χ1) is 8.87. The van der Waals surface area contributed by atoms with Gasteiger partial charge in [-0.25, -0.2) is 4.79 Å². The molecule has 0 bridgehead atoms. The third kappa shape index (κ3) is 2.47. The third-order valence-corrected chi connectivity index (χ3v) is 4.34. The van der Waals surface area contributed by atoms with Crippen LogP contribution >= 0.6 is 0 Å². The number of hydrogen-bond donors (Lipinski definition) is 2. The summed E-state index contributed by atoms with van der Waals surface area (Å²) >= 11 is 0. The predicted molar refractivity (Wildman–Crippen MR) is 66.6 cm³/mol. The molecule has 2 fully saturated rings. The van der Waals surface area contributed by atoms with Gasteiger partial charge in [0.1, 0.15) is 0 Å². The molecule has 2 N–H and O–H groups in total. The molecular weight excluding hydrogens is 250 g/mol. The summed E-state index contributed by atoms with van der Waals surface area (Å²) in [5.41, 5.74) is -1.28. The van der Waals surface area contributed by atoms with E-state index in [4.69, 9.17) is 9.47 Å². The molecule has 0 saturated carbocycles. The number of carbonyl (C=O) groups is 2. The van der Waals surface area contributed by atoms with Crippen molar-refractivity contribution in [2.75, 3.05) is 13.2 Å². The van der Waals surface area contributed by atoms with Gasteiger partial charge in [-0.1, -0.05) is 6.92 Å². The van der Waals surface area contributed by atoms with Gasteiger partial charge in [-0.3, -0.25) is 4.79 Å². The van der Waals surface area contributed by atoms with Gasteiger partial charge in [0.15, 0.2) is 5.54 Å². The van der Waals surface area contributed by atoms with Gasteiger partial charge in [0.05, 0.1) is 24.7 Å². The summed E-state index contributed by atoms with van der Waals surface area (Å²) < 4.78 is 10.8. The largest absolute Gasteiger partial charge is 0.479 e. The molecule has 19 heavy (non-hydrogen) atoms. The normalized spacial score (nSPS) is 42.3. The van der Waals surface area contributed by atoms with E-state index in [1.165, 1.54) is 0 Å². The molecule has 1 amide bonds. The Bertz CT molecular complexity index is 377. The van der Waals surface area contributed by atoms with Crippen LogP contribution in [0.3, 0.4) is 0 Å². The highest BCUT2D eigenvalue weighted by atomic mass is 16.5. The minimum Gasteiger partial charge on any atom is -0.479 e.